The zero-order chi connectivity index (χ0) is 9.97. The van der Waals surface area contributed by atoms with Gasteiger partial charge in [-0.3, -0.25) is 0 Å². The van der Waals surface area contributed by atoms with Crippen LogP contribution in [0.15, 0.2) is 16.9 Å². The summed E-state index contributed by atoms with van der Waals surface area (Å²) in [6.45, 7) is 0.744. The SMILES string of the molecule is ClC(CNc1ncc(Br)cn1)C1CC1. The van der Waals surface area contributed by atoms with Gasteiger partial charge in [0.15, 0.2) is 0 Å². The molecule has 1 atom stereocenters. The van der Waals surface area contributed by atoms with Crippen LogP contribution in [0, 0.1) is 5.92 Å². The van der Waals surface area contributed by atoms with E-state index in [9.17, 15) is 0 Å². The Morgan fingerprint density at radius 3 is 2.71 bits per heavy atom. The van der Waals surface area contributed by atoms with Crippen LogP contribution >= 0.6 is 27.5 Å². The first-order chi connectivity index (χ1) is 6.75. The third-order valence-electron chi connectivity index (χ3n) is 2.21. The van der Waals surface area contributed by atoms with E-state index in [1.807, 2.05) is 0 Å². The molecular weight excluding hydrogens is 265 g/mol. The Morgan fingerprint density at radius 2 is 2.14 bits per heavy atom. The molecule has 5 heteroatoms. The summed E-state index contributed by atoms with van der Waals surface area (Å²) in [6.07, 6.45) is 5.96. The van der Waals surface area contributed by atoms with E-state index in [0.29, 0.717) is 11.9 Å². The van der Waals surface area contributed by atoms with Gasteiger partial charge in [0, 0.05) is 18.9 Å². The fraction of sp³-hybridized carbons (Fsp3) is 0.556. The summed E-state index contributed by atoms with van der Waals surface area (Å²) in [5.41, 5.74) is 0. The van der Waals surface area contributed by atoms with Gasteiger partial charge in [-0.2, -0.15) is 0 Å². The smallest absolute Gasteiger partial charge is 0.222 e. The molecule has 0 spiro atoms. The van der Waals surface area contributed by atoms with E-state index in [1.165, 1.54) is 12.8 Å². The summed E-state index contributed by atoms with van der Waals surface area (Å²) in [6, 6.07) is 0. The second-order valence-corrected chi connectivity index (χ2v) is 4.94. The van der Waals surface area contributed by atoms with Crippen molar-refractivity contribution in [2.24, 2.45) is 5.92 Å². The first-order valence-corrected chi connectivity index (χ1v) is 5.84. The highest BCUT2D eigenvalue weighted by molar-refractivity contribution is 9.10. The molecule has 1 fully saturated rings. The molecule has 1 unspecified atom stereocenters. The standard InChI is InChI=1S/C9H11BrClN3/c10-7-3-12-9(13-4-7)14-5-8(11)6-1-2-6/h3-4,6,8H,1-2,5H2,(H,12,13,14). The molecule has 1 aromatic rings. The molecule has 1 aliphatic rings. The van der Waals surface area contributed by atoms with Gasteiger partial charge in [0.1, 0.15) is 0 Å². The van der Waals surface area contributed by atoms with Gasteiger partial charge in [-0.25, -0.2) is 9.97 Å². The van der Waals surface area contributed by atoms with Gasteiger partial charge >= 0.3 is 0 Å². The van der Waals surface area contributed by atoms with E-state index in [4.69, 9.17) is 11.6 Å². The van der Waals surface area contributed by atoms with Crippen molar-refractivity contribution in [3.8, 4) is 0 Å². The lowest BCUT2D eigenvalue weighted by Gasteiger charge is -2.08. The van der Waals surface area contributed by atoms with Crippen LogP contribution in [0.5, 0.6) is 0 Å². The average Bonchev–Trinajstić information content (AvgIpc) is 3.00. The van der Waals surface area contributed by atoms with Gasteiger partial charge in [0.25, 0.3) is 0 Å². The highest BCUT2D eigenvalue weighted by Gasteiger charge is 2.29. The van der Waals surface area contributed by atoms with E-state index in [-0.39, 0.29) is 5.38 Å². The lowest BCUT2D eigenvalue weighted by atomic mass is 10.3. The predicted molar refractivity (Wildman–Crippen MR) is 60.6 cm³/mol. The summed E-state index contributed by atoms with van der Waals surface area (Å²) in [5, 5.41) is 3.33. The number of rotatable bonds is 4. The van der Waals surface area contributed by atoms with Crippen LogP contribution in [0.3, 0.4) is 0 Å². The molecule has 1 heterocycles. The molecule has 3 nitrogen and oxygen atoms in total. The minimum absolute atomic E-state index is 0.210. The number of alkyl halides is 1. The number of aromatic nitrogens is 2. The Balaban J connectivity index is 1.82. The van der Waals surface area contributed by atoms with Crippen LogP contribution in [0.1, 0.15) is 12.8 Å². The average molecular weight is 277 g/mol. The first kappa shape index (κ1) is 10.2. The van der Waals surface area contributed by atoms with E-state index in [0.717, 1.165) is 11.0 Å². The van der Waals surface area contributed by atoms with Gasteiger partial charge in [0.2, 0.25) is 5.95 Å². The molecule has 1 N–H and O–H groups in total. The minimum atomic E-state index is 0.210. The van der Waals surface area contributed by atoms with Crippen LogP contribution < -0.4 is 5.32 Å². The Morgan fingerprint density at radius 1 is 1.50 bits per heavy atom. The molecule has 1 aliphatic carbocycles. The zero-order valence-corrected chi connectivity index (χ0v) is 9.92. The number of nitrogens with one attached hydrogen (secondary N) is 1. The molecule has 0 amide bonds. The number of anilines is 1. The first-order valence-electron chi connectivity index (χ1n) is 4.61. The van der Waals surface area contributed by atoms with Crippen molar-refractivity contribution < 1.29 is 0 Å². The highest BCUT2D eigenvalue weighted by Crippen LogP contribution is 2.35. The van der Waals surface area contributed by atoms with Gasteiger partial charge in [-0.05, 0) is 34.7 Å². The van der Waals surface area contributed by atoms with Crippen molar-refractivity contribution in [1.82, 2.24) is 9.97 Å². The maximum atomic E-state index is 6.13. The summed E-state index contributed by atoms with van der Waals surface area (Å²) >= 11 is 9.41. The quantitative estimate of drug-likeness (QED) is 0.859. The molecule has 0 saturated heterocycles. The van der Waals surface area contributed by atoms with Gasteiger partial charge in [-0.15, -0.1) is 11.6 Å². The summed E-state index contributed by atoms with van der Waals surface area (Å²) in [7, 11) is 0. The number of halogens is 2. The van der Waals surface area contributed by atoms with Crippen LogP contribution in [0.25, 0.3) is 0 Å². The summed E-state index contributed by atoms with van der Waals surface area (Å²) in [5.74, 6) is 1.33. The molecule has 0 radical (unpaired) electrons. The van der Waals surface area contributed by atoms with Crippen molar-refractivity contribution in [2.45, 2.75) is 18.2 Å². The van der Waals surface area contributed by atoms with Crippen molar-refractivity contribution in [1.29, 1.82) is 0 Å². The maximum absolute atomic E-state index is 6.13. The third-order valence-corrected chi connectivity index (χ3v) is 3.13. The molecule has 0 bridgehead atoms. The molecule has 2 rings (SSSR count). The molecule has 1 aromatic heterocycles. The maximum Gasteiger partial charge on any atom is 0.222 e. The number of nitrogens with zero attached hydrogens (tertiary/aromatic N) is 2. The fourth-order valence-corrected chi connectivity index (χ4v) is 1.75. The molecule has 0 aromatic carbocycles. The van der Waals surface area contributed by atoms with Crippen LogP contribution in [0.2, 0.25) is 0 Å². The normalized spacial score (nSPS) is 17.9. The Bertz CT molecular complexity index is 299. The molecule has 1 saturated carbocycles. The summed E-state index contributed by atoms with van der Waals surface area (Å²) in [4.78, 5) is 8.20. The Kier molecular flexibility index (Phi) is 3.23. The molecular formula is C9H11BrClN3. The van der Waals surface area contributed by atoms with E-state index in [1.54, 1.807) is 12.4 Å². The van der Waals surface area contributed by atoms with Crippen molar-refractivity contribution in [2.75, 3.05) is 11.9 Å². The third kappa shape index (κ3) is 2.82. The second-order valence-electron chi connectivity index (χ2n) is 3.46. The Hall–Kier alpha value is -0.350. The highest BCUT2D eigenvalue weighted by atomic mass is 79.9. The van der Waals surface area contributed by atoms with E-state index in [2.05, 4.69) is 31.2 Å². The molecule has 14 heavy (non-hydrogen) atoms. The number of hydrogen-bond donors (Lipinski definition) is 1. The lowest BCUT2D eigenvalue weighted by Crippen LogP contribution is -2.17. The van der Waals surface area contributed by atoms with Crippen LogP contribution in [-0.4, -0.2) is 21.9 Å². The van der Waals surface area contributed by atoms with Crippen LogP contribution in [0.4, 0.5) is 5.95 Å². The second kappa shape index (κ2) is 4.45. The summed E-state index contributed by atoms with van der Waals surface area (Å²) < 4.78 is 0.882. The minimum Gasteiger partial charge on any atom is -0.353 e. The van der Waals surface area contributed by atoms with E-state index >= 15 is 0 Å². The number of hydrogen-bond acceptors (Lipinski definition) is 3. The van der Waals surface area contributed by atoms with Gasteiger partial charge in [0.05, 0.1) is 9.85 Å². The predicted octanol–water partition coefficient (Wildman–Crippen LogP) is 2.67. The van der Waals surface area contributed by atoms with Crippen molar-refractivity contribution in [3.63, 3.8) is 0 Å². The van der Waals surface area contributed by atoms with Crippen molar-refractivity contribution in [3.05, 3.63) is 16.9 Å². The lowest BCUT2D eigenvalue weighted by molar-refractivity contribution is 0.765. The van der Waals surface area contributed by atoms with Crippen LogP contribution in [-0.2, 0) is 0 Å². The zero-order valence-electron chi connectivity index (χ0n) is 7.58. The monoisotopic (exact) mass is 275 g/mol. The topological polar surface area (TPSA) is 37.8 Å². The largest absolute Gasteiger partial charge is 0.353 e. The van der Waals surface area contributed by atoms with Gasteiger partial charge in [-0.1, -0.05) is 0 Å². The fourth-order valence-electron chi connectivity index (χ4n) is 1.22. The van der Waals surface area contributed by atoms with Gasteiger partial charge < -0.3 is 5.32 Å². The van der Waals surface area contributed by atoms with Crippen molar-refractivity contribution >= 4 is 33.5 Å². The Labute approximate surface area is 96.4 Å². The molecule has 76 valence electrons. The molecule has 0 aliphatic heterocycles. The van der Waals surface area contributed by atoms with E-state index < -0.39 is 0 Å².